The monoisotopic (exact) mass is 370 g/mol. The Hall–Kier alpha value is -1.16. The molecule has 4 aliphatic carbocycles. The van der Waals surface area contributed by atoms with Gasteiger partial charge in [0.15, 0.2) is 5.13 Å². The molecule has 0 unspecified atom stereocenters. The average Bonchev–Trinajstić information content (AvgIpc) is 3.13. The third-order valence-corrected chi connectivity index (χ3v) is 9.76. The molecule has 0 radical (unpaired) electrons. The highest BCUT2D eigenvalue weighted by molar-refractivity contribution is 7.16. The number of ketones is 1. The van der Waals surface area contributed by atoms with E-state index in [-0.39, 0.29) is 10.8 Å². The van der Waals surface area contributed by atoms with Gasteiger partial charge in [0.2, 0.25) is 0 Å². The minimum Gasteiger partial charge on any atom is -0.375 e. The van der Waals surface area contributed by atoms with Crippen LogP contribution in [0, 0.1) is 34.5 Å². The number of hydrogen-bond donors (Lipinski definition) is 1. The van der Waals surface area contributed by atoms with Crippen LogP contribution in [0.25, 0.3) is 5.57 Å². The van der Waals surface area contributed by atoms with Crippen LogP contribution in [0.5, 0.6) is 0 Å². The molecule has 0 aromatic carbocycles. The van der Waals surface area contributed by atoms with Gasteiger partial charge in [-0.1, -0.05) is 31.3 Å². The van der Waals surface area contributed by atoms with E-state index in [4.69, 9.17) is 5.73 Å². The largest absolute Gasteiger partial charge is 0.375 e. The normalized spacial score (nSPS) is 43.7. The number of carbonyl (C=O) groups is 1. The predicted molar refractivity (Wildman–Crippen MR) is 107 cm³/mol. The first kappa shape index (κ1) is 17.0. The van der Waals surface area contributed by atoms with Gasteiger partial charge in [-0.2, -0.15) is 0 Å². The molecule has 6 atom stereocenters. The van der Waals surface area contributed by atoms with E-state index >= 15 is 0 Å². The van der Waals surface area contributed by atoms with E-state index in [1.807, 2.05) is 6.92 Å². The quantitative estimate of drug-likeness (QED) is 0.747. The van der Waals surface area contributed by atoms with Crippen LogP contribution >= 0.6 is 11.3 Å². The van der Waals surface area contributed by atoms with Crippen molar-refractivity contribution in [2.75, 3.05) is 5.73 Å². The molecule has 1 heterocycles. The third-order valence-electron chi connectivity index (χ3n) is 8.80. The number of hydrogen-bond acceptors (Lipinski definition) is 4. The summed E-state index contributed by atoms with van der Waals surface area (Å²) in [7, 11) is 0. The Morgan fingerprint density at radius 2 is 2.04 bits per heavy atom. The van der Waals surface area contributed by atoms with Crippen molar-refractivity contribution in [2.45, 2.75) is 65.7 Å². The van der Waals surface area contributed by atoms with Crippen LogP contribution in [0.3, 0.4) is 0 Å². The molecule has 0 amide bonds. The third kappa shape index (κ3) is 2.05. The maximum Gasteiger partial charge on any atom is 0.180 e. The number of nitrogen functional groups attached to an aromatic ring is 1. The van der Waals surface area contributed by atoms with Gasteiger partial charge < -0.3 is 5.73 Å². The fourth-order valence-electron chi connectivity index (χ4n) is 7.56. The molecule has 0 saturated heterocycles. The van der Waals surface area contributed by atoms with Gasteiger partial charge in [-0.25, -0.2) is 4.98 Å². The van der Waals surface area contributed by atoms with Crippen LogP contribution in [-0.4, -0.2) is 10.8 Å². The maximum absolute atomic E-state index is 12.3. The highest BCUT2D eigenvalue weighted by atomic mass is 32.1. The van der Waals surface area contributed by atoms with Gasteiger partial charge in [0, 0.05) is 5.92 Å². The van der Waals surface area contributed by atoms with Crippen molar-refractivity contribution in [2.24, 2.45) is 34.5 Å². The highest BCUT2D eigenvalue weighted by Crippen LogP contribution is 2.67. The zero-order valence-corrected chi connectivity index (χ0v) is 17.0. The Morgan fingerprint density at radius 3 is 2.81 bits per heavy atom. The van der Waals surface area contributed by atoms with E-state index in [0.29, 0.717) is 11.7 Å². The molecule has 26 heavy (non-hydrogen) atoms. The molecule has 1 aromatic heterocycles. The van der Waals surface area contributed by atoms with Crippen molar-refractivity contribution < 1.29 is 4.79 Å². The Balaban J connectivity index is 1.54. The van der Waals surface area contributed by atoms with Gasteiger partial charge >= 0.3 is 0 Å². The number of fused-ring (bicyclic) bond motifs is 7. The summed E-state index contributed by atoms with van der Waals surface area (Å²) in [6, 6.07) is 0. The number of Topliss-reactive ketones (excluding diaryl/α,β-unsaturated/α-hetero) is 1. The second kappa shape index (κ2) is 5.43. The minimum absolute atomic E-state index is 0.240. The highest BCUT2D eigenvalue weighted by Gasteiger charge is 2.59. The SMILES string of the molecule is CC(=O)[C@H]1CC[C@H]2[C@@H]3CC=C4c5sc(N)nc5CC[C@]4(C)[C@H]3CC[C@]12C. The number of thiazole rings is 1. The van der Waals surface area contributed by atoms with Crippen molar-refractivity contribution in [3.05, 3.63) is 16.6 Å². The van der Waals surface area contributed by atoms with E-state index in [9.17, 15) is 4.79 Å². The van der Waals surface area contributed by atoms with Gasteiger partial charge in [-0.15, -0.1) is 0 Å². The fraction of sp³-hybridized carbons (Fsp3) is 0.727. The number of carbonyl (C=O) groups excluding carboxylic acids is 1. The van der Waals surface area contributed by atoms with Gasteiger partial charge in [-0.05, 0) is 86.0 Å². The average molecular weight is 371 g/mol. The fourth-order valence-corrected chi connectivity index (χ4v) is 8.62. The maximum atomic E-state index is 12.3. The predicted octanol–water partition coefficient (Wildman–Crippen LogP) is 5.11. The van der Waals surface area contributed by atoms with Crippen molar-refractivity contribution in [3.8, 4) is 0 Å². The minimum atomic E-state index is 0.240. The van der Waals surface area contributed by atoms with Crippen LogP contribution in [0.1, 0.15) is 69.9 Å². The number of aryl methyl sites for hydroxylation is 1. The summed E-state index contributed by atoms with van der Waals surface area (Å²) < 4.78 is 0. The Bertz CT molecular complexity index is 811. The number of nitrogens with zero attached hydrogens (tertiary/aromatic N) is 1. The van der Waals surface area contributed by atoms with E-state index in [1.54, 1.807) is 16.9 Å². The first-order chi connectivity index (χ1) is 12.3. The second-order valence-electron chi connectivity index (χ2n) is 9.76. The summed E-state index contributed by atoms with van der Waals surface area (Å²) in [5.41, 5.74) is 9.31. The molecule has 0 bridgehead atoms. The van der Waals surface area contributed by atoms with E-state index < -0.39 is 0 Å². The molecule has 0 aliphatic heterocycles. The Kier molecular flexibility index (Phi) is 3.55. The number of rotatable bonds is 1. The molecule has 2 saturated carbocycles. The molecule has 5 rings (SSSR count). The molecule has 4 heteroatoms. The zero-order valence-electron chi connectivity index (χ0n) is 16.2. The molecule has 140 valence electrons. The summed E-state index contributed by atoms with van der Waals surface area (Å²) in [5.74, 6) is 2.94. The molecule has 2 fully saturated rings. The lowest BCUT2D eigenvalue weighted by molar-refractivity contribution is -0.127. The first-order valence-electron chi connectivity index (χ1n) is 10.3. The standard InChI is InChI=1S/C22H30N2OS/c1-12(25)14-6-7-15-13-4-5-17-19-18(24-20(23)26-19)9-11-22(17,3)16(13)8-10-21(14,15)2/h5,13-16H,4,6-11H2,1-3H3,(H2,23,24)/t13-,14+,15-,16-,21+,22+/m0/s1. The summed E-state index contributed by atoms with van der Waals surface area (Å²) >= 11 is 1.69. The summed E-state index contributed by atoms with van der Waals surface area (Å²) in [5, 5.41) is 0.721. The lowest BCUT2D eigenvalue weighted by atomic mass is 9.47. The summed E-state index contributed by atoms with van der Waals surface area (Å²) in [6.07, 6.45) is 10.8. The number of aromatic nitrogens is 1. The molecule has 1 aromatic rings. The summed E-state index contributed by atoms with van der Waals surface area (Å²) in [4.78, 5) is 18.2. The van der Waals surface area contributed by atoms with E-state index in [2.05, 4.69) is 24.9 Å². The van der Waals surface area contributed by atoms with Crippen molar-refractivity contribution in [1.82, 2.24) is 4.98 Å². The van der Waals surface area contributed by atoms with Crippen molar-refractivity contribution in [1.29, 1.82) is 0 Å². The molecular formula is C22H30N2OS. The lowest BCUT2D eigenvalue weighted by Gasteiger charge is -2.57. The molecule has 2 N–H and O–H groups in total. The Morgan fingerprint density at radius 1 is 1.23 bits per heavy atom. The Labute approximate surface area is 160 Å². The van der Waals surface area contributed by atoms with Crippen LogP contribution in [0.2, 0.25) is 0 Å². The first-order valence-corrected chi connectivity index (χ1v) is 11.1. The van der Waals surface area contributed by atoms with Crippen molar-refractivity contribution >= 4 is 27.8 Å². The van der Waals surface area contributed by atoms with Crippen LogP contribution in [-0.2, 0) is 11.2 Å². The number of nitrogens with two attached hydrogens (primary N) is 1. The van der Waals surface area contributed by atoms with Gasteiger partial charge in [0.25, 0.3) is 0 Å². The second-order valence-corrected chi connectivity index (χ2v) is 10.8. The van der Waals surface area contributed by atoms with Crippen LogP contribution in [0.4, 0.5) is 5.13 Å². The molecule has 4 aliphatic rings. The van der Waals surface area contributed by atoms with E-state index in [0.717, 1.165) is 35.7 Å². The number of anilines is 1. The van der Waals surface area contributed by atoms with Crippen molar-refractivity contribution in [3.63, 3.8) is 0 Å². The molecular weight excluding hydrogens is 340 g/mol. The topological polar surface area (TPSA) is 56.0 Å². The van der Waals surface area contributed by atoms with Crippen LogP contribution in [0.15, 0.2) is 6.08 Å². The summed E-state index contributed by atoms with van der Waals surface area (Å²) in [6.45, 7) is 6.76. The van der Waals surface area contributed by atoms with Gasteiger partial charge in [-0.3, -0.25) is 4.79 Å². The molecule has 0 spiro atoms. The van der Waals surface area contributed by atoms with Crippen LogP contribution < -0.4 is 5.73 Å². The zero-order chi connectivity index (χ0) is 18.3. The van der Waals surface area contributed by atoms with Gasteiger partial charge in [0.05, 0.1) is 10.6 Å². The lowest BCUT2D eigenvalue weighted by Crippen LogP contribution is -2.49. The smallest absolute Gasteiger partial charge is 0.180 e. The van der Waals surface area contributed by atoms with Gasteiger partial charge in [0.1, 0.15) is 5.78 Å². The van der Waals surface area contributed by atoms with E-state index in [1.165, 1.54) is 42.7 Å². The molecule has 3 nitrogen and oxygen atoms in total. The number of allylic oxidation sites excluding steroid dienone is 2.